The van der Waals surface area contributed by atoms with Gasteiger partial charge in [0.25, 0.3) is 0 Å². The van der Waals surface area contributed by atoms with E-state index in [0.717, 1.165) is 11.3 Å². The number of carboxylic acid groups (broad SMARTS) is 1. The zero-order chi connectivity index (χ0) is 12.8. The summed E-state index contributed by atoms with van der Waals surface area (Å²) in [6.07, 6.45) is 0. The summed E-state index contributed by atoms with van der Waals surface area (Å²) in [5.74, 6) is -1.06. The highest BCUT2D eigenvalue weighted by Gasteiger charge is 2.14. The topological polar surface area (TPSA) is 87.7 Å². The van der Waals surface area contributed by atoms with Crippen LogP contribution < -0.4 is 10.6 Å². The van der Waals surface area contributed by atoms with Gasteiger partial charge in [-0.3, -0.25) is 5.32 Å². The molecule has 94 valence electrons. The lowest BCUT2D eigenvalue weighted by Gasteiger charge is -2.13. The Morgan fingerprint density at radius 3 is 2.88 bits per heavy atom. The van der Waals surface area contributed by atoms with E-state index in [9.17, 15) is 9.59 Å². The molecule has 1 heterocycles. The second-order valence-electron chi connectivity index (χ2n) is 3.42. The highest BCUT2D eigenvalue weighted by molar-refractivity contribution is 7.14. The summed E-state index contributed by atoms with van der Waals surface area (Å²) in [4.78, 5) is 22.3. The molecule has 0 aliphatic heterocycles. The van der Waals surface area contributed by atoms with Gasteiger partial charge in [0.1, 0.15) is 5.00 Å². The van der Waals surface area contributed by atoms with Gasteiger partial charge in [-0.25, -0.2) is 9.59 Å². The molecule has 1 aromatic rings. The normalized spacial score (nSPS) is 11.9. The zero-order valence-electron chi connectivity index (χ0n) is 9.52. The van der Waals surface area contributed by atoms with Gasteiger partial charge in [0, 0.05) is 7.11 Å². The monoisotopic (exact) mass is 258 g/mol. The van der Waals surface area contributed by atoms with Crippen molar-refractivity contribution in [2.75, 3.05) is 19.0 Å². The van der Waals surface area contributed by atoms with Crippen LogP contribution in [-0.4, -0.2) is 36.9 Å². The molecule has 6 nitrogen and oxygen atoms in total. The van der Waals surface area contributed by atoms with E-state index in [2.05, 4.69) is 10.6 Å². The van der Waals surface area contributed by atoms with Crippen molar-refractivity contribution in [3.63, 3.8) is 0 Å². The molecule has 0 fully saturated rings. The van der Waals surface area contributed by atoms with Gasteiger partial charge in [0.05, 0.1) is 18.2 Å². The summed E-state index contributed by atoms with van der Waals surface area (Å²) in [6.45, 7) is 2.18. The first-order chi connectivity index (χ1) is 8.04. The van der Waals surface area contributed by atoms with Gasteiger partial charge >= 0.3 is 12.0 Å². The maximum atomic E-state index is 11.5. The van der Waals surface area contributed by atoms with Crippen molar-refractivity contribution >= 4 is 28.3 Å². The number of hydrogen-bond donors (Lipinski definition) is 3. The van der Waals surface area contributed by atoms with Gasteiger partial charge in [0.2, 0.25) is 0 Å². The molecule has 0 radical (unpaired) electrons. The van der Waals surface area contributed by atoms with Gasteiger partial charge < -0.3 is 15.2 Å². The number of thiophene rings is 1. The first-order valence-electron chi connectivity index (χ1n) is 4.91. The van der Waals surface area contributed by atoms with E-state index in [1.165, 1.54) is 13.2 Å². The second kappa shape index (κ2) is 6.21. The van der Waals surface area contributed by atoms with Crippen molar-refractivity contribution in [1.82, 2.24) is 5.32 Å². The number of carbonyl (C=O) groups is 2. The standard InChI is InChI=1S/C10H14N2O4S/c1-6(5-16-2)11-10(15)12-8-7(9(13)14)3-4-17-8/h3-4,6H,5H2,1-2H3,(H,13,14)(H2,11,12,15). The molecule has 0 bridgehead atoms. The smallest absolute Gasteiger partial charge is 0.338 e. The lowest BCUT2D eigenvalue weighted by molar-refractivity contribution is 0.0698. The Morgan fingerprint density at radius 1 is 1.59 bits per heavy atom. The third-order valence-electron chi connectivity index (χ3n) is 1.92. The van der Waals surface area contributed by atoms with Gasteiger partial charge in [0.15, 0.2) is 0 Å². The fraction of sp³-hybridized carbons (Fsp3) is 0.400. The molecule has 1 atom stereocenters. The van der Waals surface area contributed by atoms with Crippen molar-refractivity contribution < 1.29 is 19.4 Å². The molecule has 1 unspecified atom stereocenters. The highest BCUT2D eigenvalue weighted by Crippen LogP contribution is 2.22. The van der Waals surface area contributed by atoms with E-state index in [4.69, 9.17) is 9.84 Å². The number of nitrogens with one attached hydrogen (secondary N) is 2. The van der Waals surface area contributed by atoms with Crippen LogP contribution in [0.2, 0.25) is 0 Å². The van der Waals surface area contributed by atoms with E-state index in [0.29, 0.717) is 11.6 Å². The van der Waals surface area contributed by atoms with Crippen LogP contribution in [0.4, 0.5) is 9.80 Å². The predicted octanol–water partition coefficient (Wildman–Crippen LogP) is 1.60. The molecule has 0 saturated heterocycles. The SMILES string of the molecule is COCC(C)NC(=O)Nc1sccc1C(=O)O. The van der Waals surface area contributed by atoms with Crippen molar-refractivity contribution in [2.24, 2.45) is 0 Å². The molecule has 7 heteroatoms. The van der Waals surface area contributed by atoms with E-state index >= 15 is 0 Å². The summed E-state index contributed by atoms with van der Waals surface area (Å²) < 4.78 is 4.87. The summed E-state index contributed by atoms with van der Waals surface area (Å²) in [6, 6.07) is 0.856. The molecule has 3 N–H and O–H groups in total. The number of urea groups is 1. The summed E-state index contributed by atoms with van der Waals surface area (Å²) in [7, 11) is 1.54. The third-order valence-corrected chi connectivity index (χ3v) is 2.75. The number of carbonyl (C=O) groups excluding carboxylic acids is 1. The summed E-state index contributed by atoms with van der Waals surface area (Å²) in [5.41, 5.74) is 0.0875. The molecule has 17 heavy (non-hydrogen) atoms. The quantitative estimate of drug-likeness (QED) is 0.748. The van der Waals surface area contributed by atoms with Crippen LogP contribution in [0.3, 0.4) is 0 Å². The molecular formula is C10H14N2O4S. The van der Waals surface area contributed by atoms with Crippen LogP contribution in [0, 0.1) is 0 Å². The van der Waals surface area contributed by atoms with Gasteiger partial charge in [-0.15, -0.1) is 11.3 Å². The van der Waals surface area contributed by atoms with Crippen LogP contribution >= 0.6 is 11.3 Å². The van der Waals surface area contributed by atoms with Crippen molar-refractivity contribution in [1.29, 1.82) is 0 Å². The minimum absolute atomic E-state index is 0.0875. The largest absolute Gasteiger partial charge is 0.478 e. The van der Waals surface area contributed by atoms with Gasteiger partial charge in [-0.1, -0.05) is 0 Å². The Kier molecular flexibility index (Phi) is 4.92. The summed E-state index contributed by atoms with van der Waals surface area (Å²) >= 11 is 1.16. The maximum Gasteiger partial charge on any atom is 0.338 e. The summed E-state index contributed by atoms with van der Waals surface area (Å²) in [5, 5.41) is 15.9. The lowest BCUT2D eigenvalue weighted by atomic mass is 10.3. The first-order valence-corrected chi connectivity index (χ1v) is 5.79. The molecule has 0 spiro atoms. The number of ether oxygens (including phenoxy) is 1. The highest BCUT2D eigenvalue weighted by atomic mass is 32.1. The third kappa shape index (κ3) is 4.04. The fourth-order valence-corrected chi connectivity index (χ4v) is 2.00. The Bertz CT molecular complexity index is 405. The molecule has 1 rings (SSSR count). The van der Waals surface area contributed by atoms with Crippen molar-refractivity contribution in [3.8, 4) is 0 Å². The van der Waals surface area contributed by atoms with Gasteiger partial charge in [-0.2, -0.15) is 0 Å². The van der Waals surface area contributed by atoms with Crippen LogP contribution in [0.1, 0.15) is 17.3 Å². The average molecular weight is 258 g/mol. The van der Waals surface area contributed by atoms with E-state index < -0.39 is 12.0 Å². The van der Waals surface area contributed by atoms with Crippen LogP contribution in [-0.2, 0) is 4.74 Å². The first kappa shape index (κ1) is 13.5. The Labute approximate surface area is 103 Å². The molecule has 2 amide bonds. The lowest BCUT2D eigenvalue weighted by Crippen LogP contribution is -2.38. The van der Waals surface area contributed by atoms with Crippen LogP contribution in [0.25, 0.3) is 0 Å². The average Bonchev–Trinajstić information content (AvgIpc) is 2.65. The second-order valence-corrected chi connectivity index (χ2v) is 4.34. The minimum atomic E-state index is -1.06. The molecule has 1 aromatic heterocycles. The van der Waals surface area contributed by atoms with E-state index in [1.54, 1.807) is 12.3 Å². The molecule has 0 aliphatic rings. The zero-order valence-corrected chi connectivity index (χ0v) is 10.3. The number of carboxylic acids is 1. The number of anilines is 1. The minimum Gasteiger partial charge on any atom is -0.478 e. The van der Waals surface area contributed by atoms with E-state index in [-0.39, 0.29) is 11.6 Å². The van der Waals surface area contributed by atoms with E-state index in [1.807, 2.05) is 0 Å². The molecular weight excluding hydrogens is 244 g/mol. The van der Waals surface area contributed by atoms with Crippen molar-refractivity contribution in [2.45, 2.75) is 13.0 Å². The predicted molar refractivity (Wildman–Crippen MR) is 64.8 cm³/mol. The van der Waals surface area contributed by atoms with Gasteiger partial charge in [-0.05, 0) is 18.4 Å². The maximum absolute atomic E-state index is 11.5. The Morgan fingerprint density at radius 2 is 2.29 bits per heavy atom. The number of methoxy groups -OCH3 is 1. The number of amides is 2. The van der Waals surface area contributed by atoms with Crippen LogP contribution in [0.15, 0.2) is 11.4 Å². The Hall–Kier alpha value is -1.60. The molecule has 0 aliphatic carbocycles. The fourth-order valence-electron chi connectivity index (χ4n) is 1.23. The molecule has 0 saturated carbocycles. The number of aromatic carboxylic acids is 1. The number of hydrogen-bond acceptors (Lipinski definition) is 4. The molecule has 0 aromatic carbocycles. The number of rotatable bonds is 5. The van der Waals surface area contributed by atoms with Crippen LogP contribution in [0.5, 0.6) is 0 Å². The Balaban J connectivity index is 2.56. The van der Waals surface area contributed by atoms with Crippen molar-refractivity contribution in [3.05, 3.63) is 17.0 Å².